The van der Waals surface area contributed by atoms with Crippen LogP contribution < -0.4 is 5.73 Å². The van der Waals surface area contributed by atoms with Crippen LogP contribution in [0, 0.1) is 0 Å². The van der Waals surface area contributed by atoms with Gasteiger partial charge in [-0.1, -0.05) is 11.6 Å². The molecular formula is C10H11Cl2F4N. The predicted octanol–water partition coefficient (Wildman–Crippen LogP) is 4.14. The van der Waals surface area contributed by atoms with Gasteiger partial charge in [0.25, 0.3) is 0 Å². The van der Waals surface area contributed by atoms with Gasteiger partial charge in [-0.05, 0) is 30.2 Å². The van der Waals surface area contributed by atoms with Crippen molar-refractivity contribution in [2.24, 2.45) is 5.73 Å². The van der Waals surface area contributed by atoms with Gasteiger partial charge in [0.15, 0.2) is 0 Å². The van der Waals surface area contributed by atoms with Crippen LogP contribution in [0.3, 0.4) is 0 Å². The normalized spacial score (nSPS) is 13.1. The van der Waals surface area contributed by atoms with Crippen LogP contribution in [-0.2, 0) is 6.18 Å². The molecule has 0 aliphatic heterocycles. The lowest BCUT2D eigenvalue weighted by molar-refractivity contribution is -0.137. The Hall–Kier alpha value is -0.520. The van der Waals surface area contributed by atoms with Gasteiger partial charge in [0.2, 0.25) is 0 Å². The van der Waals surface area contributed by atoms with Crippen LogP contribution in [0.1, 0.15) is 23.6 Å². The van der Waals surface area contributed by atoms with Crippen LogP contribution in [-0.4, -0.2) is 6.67 Å². The van der Waals surface area contributed by atoms with Gasteiger partial charge < -0.3 is 5.73 Å². The molecule has 1 rings (SSSR count). The second-order valence-corrected chi connectivity index (χ2v) is 3.73. The van der Waals surface area contributed by atoms with Gasteiger partial charge in [-0.3, -0.25) is 4.39 Å². The zero-order valence-electron chi connectivity index (χ0n) is 8.60. The fourth-order valence-corrected chi connectivity index (χ4v) is 1.53. The standard InChI is InChI=1S/C10H10ClF4N.ClH/c11-8-2-1-6(10(13,14)15)5-7(8)9(16)3-4-12;/h1-2,5,9H,3-4,16H2;1H/t9-;/m0./s1. The minimum Gasteiger partial charge on any atom is -0.324 e. The smallest absolute Gasteiger partial charge is 0.324 e. The van der Waals surface area contributed by atoms with Crippen molar-refractivity contribution >= 4 is 24.0 Å². The number of rotatable bonds is 3. The Balaban J connectivity index is 0.00000256. The third kappa shape index (κ3) is 4.33. The fourth-order valence-electron chi connectivity index (χ4n) is 1.28. The summed E-state index contributed by atoms with van der Waals surface area (Å²) in [4.78, 5) is 0. The SMILES string of the molecule is Cl.N[C@@H](CCF)c1cc(C(F)(F)F)ccc1Cl. The minimum absolute atomic E-state index is 0. The molecular weight excluding hydrogens is 281 g/mol. The van der Waals surface area contributed by atoms with Gasteiger partial charge >= 0.3 is 6.18 Å². The average Bonchev–Trinajstić information content (AvgIpc) is 2.16. The predicted molar refractivity (Wildman–Crippen MR) is 61.2 cm³/mol. The first-order chi connectivity index (χ1) is 7.36. The summed E-state index contributed by atoms with van der Waals surface area (Å²) >= 11 is 5.71. The van der Waals surface area contributed by atoms with E-state index in [1.165, 1.54) is 0 Å². The molecule has 1 atom stereocenters. The lowest BCUT2D eigenvalue weighted by atomic mass is 10.0. The first kappa shape index (κ1) is 16.5. The van der Waals surface area contributed by atoms with Crippen molar-refractivity contribution < 1.29 is 17.6 Å². The second kappa shape index (κ2) is 6.42. The molecule has 0 saturated heterocycles. The lowest BCUT2D eigenvalue weighted by Crippen LogP contribution is -2.13. The average molecular weight is 292 g/mol. The molecule has 0 fully saturated rings. The van der Waals surface area contributed by atoms with E-state index in [0.29, 0.717) is 0 Å². The van der Waals surface area contributed by atoms with Gasteiger partial charge in [0.1, 0.15) is 0 Å². The van der Waals surface area contributed by atoms with Crippen molar-refractivity contribution in [3.05, 3.63) is 34.3 Å². The summed E-state index contributed by atoms with van der Waals surface area (Å²) in [6.45, 7) is -0.701. The summed E-state index contributed by atoms with van der Waals surface area (Å²) in [5, 5.41) is 0.119. The first-order valence-corrected chi connectivity index (χ1v) is 4.92. The molecule has 0 saturated carbocycles. The summed E-state index contributed by atoms with van der Waals surface area (Å²) < 4.78 is 49.2. The van der Waals surface area contributed by atoms with Crippen molar-refractivity contribution in [2.75, 3.05) is 6.67 Å². The molecule has 1 nitrogen and oxygen atoms in total. The van der Waals surface area contributed by atoms with Gasteiger partial charge in [0.05, 0.1) is 12.2 Å². The number of hydrogen-bond acceptors (Lipinski definition) is 1. The molecule has 0 amide bonds. The molecule has 1 aromatic carbocycles. The Bertz CT molecular complexity index is 368. The zero-order valence-corrected chi connectivity index (χ0v) is 10.2. The van der Waals surface area contributed by atoms with Crippen LogP contribution in [0.4, 0.5) is 17.6 Å². The third-order valence-electron chi connectivity index (χ3n) is 2.14. The maximum Gasteiger partial charge on any atom is 0.416 e. The van der Waals surface area contributed by atoms with E-state index in [9.17, 15) is 17.6 Å². The molecule has 0 radical (unpaired) electrons. The molecule has 0 aliphatic carbocycles. The molecule has 17 heavy (non-hydrogen) atoms. The van der Waals surface area contributed by atoms with E-state index in [0.717, 1.165) is 18.2 Å². The van der Waals surface area contributed by atoms with Crippen molar-refractivity contribution in [1.82, 2.24) is 0 Å². The van der Waals surface area contributed by atoms with Gasteiger partial charge in [0, 0.05) is 11.1 Å². The second-order valence-electron chi connectivity index (χ2n) is 3.32. The fraction of sp³-hybridized carbons (Fsp3) is 0.400. The van der Waals surface area contributed by atoms with E-state index in [2.05, 4.69) is 0 Å². The Morgan fingerprint density at radius 1 is 1.29 bits per heavy atom. The van der Waals surface area contributed by atoms with Crippen LogP contribution in [0.5, 0.6) is 0 Å². The third-order valence-corrected chi connectivity index (χ3v) is 2.49. The lowest BCUT2D eigenvalue weighted by Gasteiger charge is -2.14. The van der Waals surface area contributed by atoms with E-state index < -0.39 is 24.5 Å². The number of benzene rings is 1. The highest BCUT2D eigenvalue weighted by molar-refractivity contribution is 6.31. The molecule has 7 heteroatoms. The van der Waals surface area contributed by atoms with Crippen molar-refractivity contribution in [2.45, 2.75) is 18.6 Å². The zero-order chi connectivity index (χ0) is 12.3. The molecule has 1 aromatic rings. The maximum atomic E-state index is 12.4. The molecule has 0 heterocycles. The number of nitrogens with two attached hydrogens (primary N) is 1. The molecule has 0 aliphatic rings. The van der Waals surface area contributed by atoms with E-state index in [4.69, 9.17) is 17.3 Å². The van der Waals surface area contributed by atoms with Crippen LogP contribution >= 0.6 is 24.0 Å². The molecule has 0 aromatic heterocycles. The molecule has 0 unspecified atom stereocenters. The quantitative estimate of drug-likeness (QED) is 0.832. The number of alkyl halides is 4. The van der Waals surface area contributed by atoms with E-state index in [-0.39, 0.29) is 29.4 Å². The van der Waals surface area contributed by atoms with Crippen LogP contribution in [0.25, 0.3) is 0 Å². The summed E-state index contributed by atoms with van der Waals surface area (Å²) in [7, 11) is 0. The summed E-state index contributed by atoms with van der Waals surface area (Å²) in [5.74, 6) is 0. The van der Waals surface area contributed by atoms with E-state index >= 15 is 0 Å². The van der Waals surface area contributed by atoms with Gasteiger partial charge in [-0.25, -0.2) is 0 Å². The highest BCUT2D eigenvalue weighted by Gasteiger charge is 2.31. The summed E-state index contributed by atoms with van der Waals surface area (Å²) in [6.07, 6.45) is -4.50. The first-order valence-electron chi connectivity index (χ1n) is 4.54. The van der Waals surface area contributed by atoms with Crippen LogP contribution in [0.15, 0.2) is 18.2 Å². The van der Waals surface area contributed by atoms with Crippen molar-refractivity contribution in [3.8, 4) is 0 Å². The Morgan fingerprint density at radius 2 is 1.88 bits per heavy atom. The van der Waals surface area contributed by atoms with E-state index in [1.807, 2.05) is 0 Å². The van der Waals surface area contributed by atoms with Crippen LogP contribution in [0.2, 0.25) is 5.02 Å². The van der Waals surface area contributed by atoms with E-state index in [1.54, 1.807) is 0 Å². The maximum absolute atomic E-state index is 12.4. The highest BCUT2D eigenvalue weighted by Crippen LogP contribution is 2.33. The largest absolute Gasteiger partial charge is 0.416 e. The van der Waals surface area contributed by atoms with Crippen molar-refractivity contribution in [3.63, 3.8) is 0 Å². The number of halogens is 6. The Kier molecular flexibility index (Phi) is 6.23. The molecule has 0 spiro atoms. The highest BCUT2D eigenvalue weighted by atomic mass is 35.5. The molecule has 0 bridgehead atoms. The van der Waals surface area contributed by atoms with Gasteiger partial charge in [-0.2, -0.15) is 13.2 Å². The number of hydrogen-bond donors (Lipinski definition) is 1. The van der Waals surface area contributed by atoms with Gasteiger partial charge in [-0.15, -0.1) is 12.4 Å². The monoisotopic (exact) mass is 291 g/mol. The van der Waals surface area contributed by atoms with Crippen molar-refractivity contribution in [1.29, 1.82) is 0 Å². The molecule has 98 valence electrons. The summed E-state index contributed by atoms with van der Waals surface area (Å²) in [5.41, 5.74) is 4.81. The topological polar surface area (TPSA) is 26.0 Å². The Morgan fingerprint density at radius 3 is 2.35 bits per heavy atom. The molecule has 2 N–H and O–H groups in total. The Labute approximate surface area is 107 Å². The minimum atomic E-state index is -4.45. The summed E-state index contributed by atoms with van der Waals surface area (Å²) in [6, 6.07) is 2.04.